The number of fused-ring (bicyclic) bond motifs is 6. The highest BCUT2D eigenvalue weighted by atomic mass is 15.1. The van der Waals surface area contributed by atoms with E-state index in [1.807, 2.05) is 0 Å². The molecule has 0 saturated heterocycles. The molecule has 87 heavy (non-hydrogen) atoms. The molecule has 0 bridgehead atoms. The Kier molecular flexibility index (Phi) is 12.9. The summed E-state index contributed by atoms with van der Waals surface area (Å²) in [5.41, 5.74) is 26.1. The Morgan fingerprint density at radius 3 is 1.10 bits per heavy atom. The Morgan fingerprint density at radius 1 is 0.184 bits per heavy atom. The predicted molar refractivity (Wildman–Crippen MR) is 368 cm³/mol. The fourth-order valence-corrected chi connectivity index (χ4v) is 13.1. The van der Waals surface area contributed by atoms with E-state index in [0.717, 1.165) is 95.0 Å². The number of para-hydroxylation sites is 2. The minimum atomic E-state index is 1.03. The second-order valence-electron chi connectivity index (χ2n) is 22.5. The fraction of sp³-hybridized carbons (Fsp3) is 0. The molecule has 3 nitrogen and oxygen atoms in total. The van der Waals surface area contributed by atoms with E-state index in [1.54, 1.807) is 0 Å². The third kappa shape index (κ3) is 9.45. The fourth-order valence-electron chi connectivity index (χ4n) is 13.1. The number of nitrogens with zero attached hydrogens (tertiary/aromatic N) is 3. The van der Waals surface area contributed by atoms with Gasteiger partial charge >= 0.3 is 0 Å². The number of aromatic nitrogens is 2. The molecule has 0 saturated carbocycles. The smallest absolute Gasteiger partial charge is 0.0546 e. The van der Waals surface area contributed by atoms with Gasteiger partial charge in [-0.15, -0.1) is 0 Å². The van der Waals surface area contributed by atoms with Crippen LogP contribution in [0.1, 0.15) is 0 Å². The quantitative estimate of drug-likeness (QED) is 0.119. The summed E-state index contributed by atoms with van der Waals surface area (Å²) in [5, 5.41) is 4.73. The van der Waals surface area contributed by atoms with Crippen LogP contribution in [0.2, 0.25) is 0 Å². The molecule has 2 aromatic heterocycles. The van der Waals surface area contributed by atoms with E-state index < -0.39 is 0 Å². The van der Waals surface area contributed by atoms with Crippen molar-refractivity contribution in [3.63, 3.8) is 0 Å². The van der Waals surface area contributed by atoms with Crippen LogP contribution in [0.25, 0.3) is 133 Å². The van der Waals surface area contributed by atoms with Crippen molar-refractivity contribution in [2.75, 3.05) is 4.90 Å². The third-order valence-corrected chi connectivity index (χ3v) is 17.3. The summed E-state index contributed by atoms with van der Waals surface area (Å²) in [4.78, 5) is 2.52. The number of rotatable bonds is 12. The normalized spacial score (nSPS) is 11.4. The summed E-state index contributed by atoms with van der Waals surface area (Å²) in [7, 11) is 0. The monoisotopic (exact) mass is 1110 g/mol. The first-order valence-corrected chi connectivity index (χ1v) is 29.9. The minimum absolute atomic E-state index is 1.03. The summed E-state index contributed by atoms with van der Waals surface area (Å²) in [6.07, 6.45) is 0. The largest absolute Gasteiger partial charge is 0.310 e. The van der Waals surface area contributed by atoms with Crippen LogP contribution in [0.15, 0.2) is 346 Å². The van der Waals surface area contributed by atoms with Gasteiger partial charge in [0.25, 0.3) is 0 Å². The third-order valence-electron chi connectivity index (χ3n) is 17.3. The molecule has 408 valence electrons. The van der Waals surface area contributed by atoms with E-state index in [1.165, 1.54) is 54.9 Å². The van der Waals surface area contributed by atoms with Crippen molar-refractivity contribution in [1.29, 1.82) is 0 Å². The standard InChI is InChI=1S/C84H57N3/c1-7-23-58(24-8-1)63-33-21-35-65(49-63)67-42-46-81-77(53-67)78-54-68(66-36-22-34-64(50-66)59-25-9-2-10-26-59)43-47-82(78)87(81)74-52-70(61-29-13-4-14-30-61)51-73(56-74)85(84-55-69(60-27-11-3-12-28-60)41-45-75(84)62-31-15-5-16-32-62)72-44-48-83-79(57-72)76-39-19-20-40-80(76)86(83)71-37-17-6-18-38-71/h1-57H. The van der Waals surface area contributed by atoms with Gasteiger partial charge in [-0.2, -0.15) is 0 Å². The lowest BCUT2D eigenvalue weighted by Gasteiger charge is -2.30. The van der Waals surface area contributed by atoms with Crippen molar-refractivity contribution in [2.24, 2.45) is 0 Å². The molecule has 0 aliphatic rings. The van der Waals surface area contributed by atoms with Crippen LogP contribution in [0.3, 0.4) is 0 Å². The summed E-state index contributed by atoms with van der Waals surface area (Å²) in [6.45, 7) is 0. The molecular formula is C84H57N3. The van der Waals surface area contributed by atoms with Gasteiger partial charge in [0.05, 0.1) is 27.8 Å². The second kappa shape index (κ2) is 21.9. The van der Waals surface area contributed by atoms with Crippen molar-refractivity contribution in [3.05, 3.63) is 346 Å². The first-order chi connectivity index (χ1) is 43.1. The molecule has 0 unspecified atom stereocenters. The van der Waals surface area contributed by atoms with Crippen LogP contribution in [0.5, 0.6) is 0 Å². The van der Waals surface area contributed by atoms with Gasteiger partial charge in [0.15, 0.2) is 0 Å². The maximum absolute atomic E-state index is 2.52. The van der Waals surface area contributed by atoms with Crippen molar-refractivity contribution in [3.8, 4) is 89.3 Å². The first-order valence-electron chi connectivity index (χ1n) is 29.9. The molecular weight excluding hydrogens is 1050 g/mol. The van der Waals surface area contributed by atoms with Crippen molar-refractivity contribution in [1.82, 2.24) is 9.13 Å². The maximum atomic E-state index is 2.52. The van der Waals surface area contributed by atoms with Crippen LogP contribution >= 0.6 is 0 Å². The van der Waals surface area contributed by atoms with Gasteiger partial charge in [-0.05, 0) is 169 Å². The molecule has 0 aliphatic heterocycles. The molecule has 0 aliphatic carbocycles. The highest BCUT2D eigenvalue weighted by Gasteiger charge is 2.24. The van der Waals surface area contributed by atoms with Crippen LogP contribution in [-0.2, 0) is 0 Å². The van der Waals surface area contributed by atoms with Gasteiger partial charge in [0.2, 0.25) is 0 Å². The first kappa shape index (κ1) is 51.1. The molecule has 2 heterocycles. The molecule has 16 rings (SSSR count). The van der Waals surface area contributed by atoms with Crippen LogP contribution < -0.4 is 4.90 Å². The van der Waals surface area contributed by atoms with Gasteiger partial charge in [-0.1, -0.05) is 249 Å². The molecule has 0 spiro atoms. The van der Waals surface area contributed by atoms with Gasteiger partial charge in [-0.25, -0.2) is 0 Å². The van der Waals surface area contributed by atoms with Crippen molar-refractivity contribution < 1.29 is 0 Å². The Balaban J connectivity index is 0.968. The molecule has 0 atom stereocenters. The lowest BCUT2D eigenvalue weighted by molar-refractivity contribution is 1.17. The summed E-state index contributed by atoms with van der Waals surface area (Å²) < 4.78 is 4.90. The van der Waals surface area contributed by atoms with Gasteiger partial charge in [-0.3, -0.25) is 0 Å². The number of benzene rings is 14. The van der Waals surface area contributed by atoms with E-state index >= 15 is 0 Å². The van der Waals surface area contributed by atoms with Gasteiger partial charge in [0, 0.05) is 49.9 Å². The summed E-state index contributed by atoms with van der Waals surface area (Å²) >= 11 is 0. The SMILES string of the molecule is c1ccc(-c2cccc(-c3ccc4c(c3)c3cc(-c5cccc(-c6ccccc6)c5)ccc3n4-c3cc(-c4ccccc4)cc(N(c4ccc5c(c4)c4ccccc4n5-c4ccccc4)c4cc(-c5ccccc5)ccc4-c4ccccc4)c3)c2)cc1. The Hall–Kier alpha value is -11.5. The second-order valence-corrected chi connectivity index (χ2v) is 22.5. The number of anilines is 3. The molecule has 16 aromatic rings. The average Bonchev–Trinajstić information content (AvgIpc) is 1.79. The lowest BCUT2D eigenvalue weighted by atomic mass is 9.96. The van der Waals surface area contributed by atoms with E-state index in [-0.39, 0.29) is 0 Å². The Bertz CT molecular complexity index is 5040. The molecule has 0 N–H and O–H groups in total. The van der Waals surface area contributed by atoms with E-state index in [2.05, 4.69) is 360 Å². The van der Waals surface area contributed by atoms with Crippen LogP contribution in [0, 0.1) is 0 Å². The van der Waals surface area contributed by atoms with E-state index in [9.17, 15) is 0 Å². The predicted octanol–water partition coefficient (Wildman–Crippen LogP) is 23.0. The molecule has 14 aromatic carbocycles. The van der Waals surface area contributed by atoms with E-state index in [0.29, 0.717) is 0 Å². The van der Waals surface area contributed by atoms with Crippen molar-refractivity contribution >= 4 is 60.7 Å². The zero-order valence-corrected chi connectivity index (χ0v) is 47.8. The highest BCUT2D eigenvalue weighted by Crippen LogP contribution is 2.48. The Morgan fingerprint density at radius 2 is 0.563 bits per heavy atom. The zero-order chi connectivity index (χ0) is 57.6. The van der Waals surface area contributed by atoms with Crippen molar-refractivity contribution in [2.45, 2.75) is 0 Å². The summed E-state index contributed by atoms with van der Waals surface area (Å²) in [6, 6.07) is 127. The Labute approximate surface area is 506 Å². The molecule has 0 radical (unpaired) electrons. The zero-order valence-electron chi connectivity index (χ0n) is 47.8. The van der Waals surface area contributed by atoms with Crippen LogP contribution in [0.4, 0.5) is 17.1 Å². The van der Waals surface area contributed by atoms with E-state index in [4.69, 9.17) is 0 Å². The molecule has 0 amide bonds. The summed E-state index contributed by atoms with van der Waals surface area (Å²) in [5.74, 6) is 0. The average molecular weight is 1110 g/mol. The van der Waals surface area contributed by atoms with Crippen LogP contribution in [-0.4, -0.2) is 9.13 Å². The van der Waals surface area contributed by atoms with Gasteiger partial charge in [0.1, 0.15) is 0 Å². The molecule has 3 heteroatoms. The maximum Gasteiger partial charge on any atom is 0.0546 e. The van der Waals surface area contributed by atoms with Gasteiger partial charge < -0.3 is 14.0 Å². The molecule has 0 fully saturated rings. The number of hydrogen-bond donors (Lipinski definition) is 0. The topological polar surface area (TPSA) is 13.1 Å². The highest BCUT2D eigenvalue weighted by molar-refractivity contribution is 6.13. The lowest BCUT2D eigenvalue weighted by Crippen LogP contribution is -2.12. The minimum Gasteiger partial charge on any atom is -0.310 e. The number of hydrogen-bond acceptors (Lipinski definition) is 1.